The van der Waals surface area contributed by atoms with Crippen LogP contribution in [0.15, 0.2) is 176 Å². The van der Waals surface area contributed by atoms with Gasteiger partial charge in [0.2, 0.25) is 0 Å². The van der Waals surface area contributed by atoms with E-state index in [0.29, 0.717) is 0 Å². The summed E-state index contributed by atoms with van der Waals surface area (Å²) in [4.78, 5) is 2.42. The number of hydrogen-bond acceptors (Lipinski definition) is 3. The molecular formula is C46H29NS2. The molecule has 0 spiro atoms. The van der Waals surface area contributed by atoms with E-state index in [4.69, 9.17) is 0 Å². The lowest BCUT2D eigenvalue weighted by atomic mass is 9.95. The molecular weight excluding hydrogens is 631 g/mol. The number of benzene rings is 8. The second-order valence-electron chi connectivity index (χ2n) is 12.5. The Morgan fingerprint density at radius 2 is 0.898 bits per heavy atom. The molecule has 8 aromatic carbocycles. The Balaban J connectivity index is 1.16. The molecule has 10 rings (SSSR count). The standard InChI is InChI=1S/C46H29NS2/c1-2-12-30(13-3-1)34-14-6-9-19-42(34)47(33-26-27-38-36-16-7-10-20-43(36)48-45(38)28-33)32-24-22-31(23-25-32)40-29-41-37-17-8-11-21-44(37)49-46(41)39-18-5-4-15-35(39)40/h1-29H. The van der Waals surface area contributed by atoms with E-state index >= 15 is 0 Å². The third kappa shape index (κ3) is 4.66. The predicted molar refractivity (Wildman–Crippen MR) is 215 cm³/mol. The van der Waals surface area contributed by atoms with Crippen LogP contribution in [0.3, 0.4) is 0 Å². The Morgan fingerprint density at radius 3 is 1.69 bits per heavy atom. The van der Waals surface area contributed by atoms with Crippen molar-refractivity contribution in [2.24, 2.45) is 0 Å². The predicted octanol–water partition coefficient (Wildman–Crippen LogP) is 14.4. The highest BCUT2D eigenvalue weighted by Gasteiger charge is 2.19. The number of thiophene rings is 2. The van der Waals surface area contributed by atoms with E-state index in [1.54, 1.807) is 0 Å². The van der Waals surface area contributed by atoms with Crippen LogP contribution in [-0.4, -0.2) is 0 Å². The molecule has 2 heterocycles. The van der Waals surface area contributed by atoms with Gasteiger partial charge < -0.3 is 4.90 Å². The zero-order chi connectivity index (χ0) is 32.3. The number of hydrogen-bond donors (Lipinski definition) is 0. The second kappa shape index (κ2) is 11.5. The van der Waals surface area contributed by atoms with E-state index in [0.717, 1.165) is 17.1 Å². The van der Waals surface area contributed by atoms with Gasteiger partial charge in [0.25, 0.3) is 0 Å². The lowest BCUT2D eigenvalue weighted by molar-refractivity contribution is 1.29. The molecule has 2 aromatic heterocycles. The molecule has 3 heteroatoms. The van der Waals surface area contributed by atoms with Crippen molar-refractivity contribution in [3.63, 3.8) is 0 Å². The van der Waals surface area contributed by atoms with Crippen molar-refractivity contribution in [2.45, 2.75) is 0 Å². The molecule has 49 heavy (non-hydrogen) atoms. The topological polar surface area (TPSA) is 3.24 Å². The molecule has 0 aliphatic carbocycles. The highest BCUT2D eigenvalue weighted by molar-refractivity contribution is 7.26. The number of para-hydroxylation sites is 1. The summed E-state index contributed by atoms with van der Waals surface area (Å²) in [5.41, 5.74) is 8.30. The highest BCUT2D eigenvalue weighted by Crippen LogP contribution is 2.46. The van der Waals surface area contributed by atoms with Gasteiger partial charge >= 0.3 is 0 Å². The van der Waals surface area contributed by atoms with Gasteiger partial charge in [-0.1, -0.05) is 127 Å². The molecule has 0 saturated heterocycles. The number of nitrogens with zero attached hydrogens (tertiary/aromatic N) is 1. The van der Waals surface area contributed by atoms with Crippen LogP contribution < -0.4 is 4.90 Å². The van der Waals surface area contributed by atoms with Crippen LogP contribution in [0.1, 0.15) is 0 Å². The summed E-state index contributed by atoms with van der Waals surface area (Å²) in [6.07, 6.45) is 0. The van der Waals surface area contributed by atoms with E-state index in [9.17, 15) is 0 Å². The maximum Gasteiger partial charge on any atom is 0.0540 e. The molecule has 230 valence electrons. The zero-order valence-corrected chi connectivity index (χ0v) is 28.1. The minimum atomic E-state index is 1.12. The van der Waals surface area contributed by atoms with Crippen molar-refractivity contribution in [1.29, 1.82) is 0 Å². The Labute approximate surface area is 292 Å². The number of rotatable bonds is 5. The van der Waals surface area contributed by atoms with E-state index in [-0.39, 0.29) is 0 Å². The van der Waals surface area contributed by atoms with Gasteiger partial charge in [0.05, 0.1) is 5.69 Å². The molecule has 0 unspecified atom stereocenters. The SMILES string of the molecule is c1ccc(-c2ccccc2N(c2ccc(-c3cc4c5ccccc5sc4c4ccccc34)cc2)c2ccc3c(c2)sc2ccccc23)cc1. The molecule has 0 amide bonds. The van der Waals surface area contributed by atoms with Gasteiger partial charge in [-0.2, -0.15) is 0 Å². The van der Waals surface area contributed by atoms with Crippen LogP contribution in [0.25, 0.3) is 73.4 Å². The van der Waals surface area contributed by atoms with Crippen LogP contribution in [0.4, 0.5) is 17.1 Å². The Hall–Kier alpha value is -5.74. The van der Waals surface area contributed by atoms with Gasteiger partial charge in [0.1, 0.15) is 0 Å². The van der Waals surface area contributed by atoms with Gasteiger partial charge in [-0.05, 0) is 70.6 Å². The first kappa shape index (κ1) is 28.3. The maximum absolute atomic E-state index is 2.42. The average Bonchev–Trinajstić information content (AvgIpc) is 3.74. The summed E-state index contributed by atoms with van der Waals surface area (Å²) >= 11 is 3.75. The van der Waals surface area contributed by atoms with Gasteiger partial charge in [0, 0.05) is 62.7 Å². The van der Waals surface area contributed by atoms with Crippen molar-refractivity contribution < 1.29 is 0 Å². The highest BCUT2D eigenvalue weighted by atomic mass is 32.1. The van der Waals surface area contributed by atoms with Gasteiger partial charge in [-0.25, -0.2) is 0 Å². The minimum absolute atomic E-state index is 1.12. The molecule has 0 radical (unpaired) electrons. The molecule has 0 aliphatic heterocycles. The van der Waals surface area contributed by atoms with Gasteiger partial charge in [0.15, 0.2) is 0 Å². The lowest BCUT2D eigenvalue weighted by Crippen LogP contribution is -2.11. The summed E-state index contributed by atoms with van der Waals surface area (Å²) in [6, 6.07) is 64.3. The Morgan fingerprint density at radius 1 is 0.327 bits per heavy atom. The Kier molecular flexibility index (Phi) is 6.61. The molecule has 0 atom stereocenters. The Bertz CT molecular complexity index is 2830. The quantitative estimate of drug-likeness (QED) is 0.178. The summed E-state index contributed by atoms with van der Waals surface area (Å²) in [5.74, 6) is 0. The van der Waals surface area contributed by atoms with Crippen molar-refractivity contribution in [3.8, 4) is 22.3 Å². The third-order valence-electron chi connectivity index (χ3n) is 9.67. The minimum Gasteiger partial charge on any atom is -0.310 e. The van der Waals surface area contributed by atoms with Crippen LogP contribution in [-0.2, 0) is 0 Å². The monoisotopic (exact) mass is 659 g/mol. The van der Waals surface area contributed by atoms with Crippen molar-refractivity contribution >= 4 is 90.9 Å². The largest absolute Gasteiger partial charge is 0.310 e. The van der Waals surface area contributed by atoms with Gasteiger partial charge in [-0.3, -0.25) is 0 Å². The molecule has 0 bridgehead atoms. The van der Waals surface area contributed by atoms with Crippen LogP contribution in [0.2, 0.25) is 0 Å². The number of fused-ring (bicyclic) bond motifs is 8. The first-order valence-corrected chi connectivity index (χ1v) is 18.2. The average molecular weight is 660 g/mol. The lowest BCUT2D eigenvalue weighted by Gasteiger charge is -2.28. The molecule has 1 nitrogen and oxygen atoms in total. The summed E-state index contributed by atoms with van der Waals surface area (Å²) in [6.45, 7) is 0. The fourth-order valence-corrected chi connectivity index (χ4v) is 9.75. The van der Waals surface area contributed by atoms with Crippen molar-refractivity contribution in [3.05, 3.63) is 176 Å². The van der Waals surface area contributed by atoms with E-state index < -0.39 is 0 Å². The van der Waals surface area contributed by atoms with Crippen LogP contribution >= 0.6 is 22.7 Å². The van der Waals surface area contributed by atoms with E-state index in [1.807, 2.05) is 22.7 Å². The summed E-state index contributed by atoms with van der Waals surface area (Å²) in [7, 11) is 0. The van der Waals surface area contributed by atoms with Crippen LogP contribution in [0.5, 0.6) is 0 Å². The van der Waals surface area contributed by atoms with Crippen molar-refractivity contribution in [1.82, 2.24) is 0 Å². The summed E-state index contributed by atoms with van der Waals surface area (Å²) in [5, 5.41) is 7.88. The van der Waals surface area contributed by atoms with Gasteiger partial charge in [-0.15, -0.1) is 22.7 Å². The zero-order valence-electron chi connectivity index (χ0n) is 26.5. The van der Waals surface area contributed by atoms with E-state index in [2.05, 4.69) is 181 Å². The molecule has 0 aliphatic rings. The first-order valence-electron chi connectivity index (χ1n) is 16.6. The fraction of sp³-hybridized carbons (Fsp3) is 0. The normalized spacial score (nSPS) is 11.7. The summed E-state index contributed by atoms with van der Waals surface area (Å²) < 4.78 is 5.30. The van der Waals surface area contributed by atoms with E-state index in [1.165, 1.54) is 73.4 Å². The molecule has 10 aromatic rings. The first-order chi connectivity index (χ1) is 24.3. The fourth-order valence-electron chi connectivity index (χ4n) is 7.39. The third-order valence-corrected chi connectivity index (χ3v) is 12.0. The molecule has 0 N–H and O–H groups in total. The maximum atomic E-state index is 2.42. The number of anilines is 3. The molecule has 0 fully saturated rings. The molecule has 0 saturated carbocycles. The smallest absolute Gasteiger partial charge is 0.0540 e. The second-order valence-corrected chi connectivity index (χ2v) is 14.6. The van der Waals surface area contributed by atoms with Crippen molar-refractivity contribution in [2.75, 3.05) is 4.90 Å². The van der Waals surface area contributed by atoms with Crippen LogP contribution in [0, 0.1) is 0 Å².